The topological polar surface area (TPSA) is 29.9 Å². The van der Waals surface area contributed by atoms with Crippen LogP contribution in [-0.2, 0) is 20.0 Å². The largest absolute Gasteiger partial charge is 0.377 e. The van der Waals surface area contributed by atoms with Gasteiger partial charge >= 0.3 is 0 Å². The molecule has 0 radical (unpaired) electrons. The first-order valence-electron chi connectivity index (χ1n) is 5.92. The fraction of sp³-hybridized carbons (Fsp3) is 0.308. The van der Waals surface area contributed by atoms with Crippen molar-refractivity contribution in [3.05, 3.63) is 44.9 Å². The molecule has 0 aliphatic carbocycles. The molecule has 3 nitrogen and oxygen atoms in total. The maximum atomic E-state index is 13.6. The van der Waals surface area contributed by atoms with E-state index in [1.54, 1.807) is 16.8 Å². The van der Waals surface area contributed by atoms with E-state index in [0.29, 0.717) is 17.3 Å². The van der Waals surface area contributed by atoms with E-state index in [1.807, 2.05) is 14.0 Å². The molecule has 0 atom stereocenters. The average Bonchev–Trinajstić information content (AvgIpc) is 2.64. The highest BCUT2D eigenvalue weighted by Crippen LogP contribution is 2.24. The molecule has 0 amide bonds. The maximum absolute atomic E-state index is 13.6. The quantitative estimate of drug-likeness (QED) is 0.901. The predicted octanol–water partition coefficient (Wildman–Crippen LogP) is 4.15. The number of hydrogen-bond acceptors (Lipinski definition) is 2. The van der Waals surface area contributed by atoms with Crippen LogP contribution in [0.3, 0.4) is 0 Å². The highest BCUT2D eigenvalue weighted by Gasteiger charge is 2.12. The molecule has 1 aromatic heterocycles. The zero-order valence-electron chi connectivity index (χ0n) is 10.7. The summed E-state index contributed by atoms with van der Waals surface area (Å²) in [5.41, 5.74) is 2.40. The standard InChI is InChI=1S/C13H14BrClFN3/c1-3-10-13(14)12(19(2)18-10)7-17-11-5-4-8(15)6-9(11)16/h4-6,17H,3,7H2,1-2H3. The highest BCUT2D eigenvalue weighted by molar-refractivity contribution is 9.10. The van der Waals surface area contributed by atoms with E-state index in [9.17, 15) is 4.39 Å². The summed E-state index contributed by atoms with van der Waals surface area (Å²) in [7, 11) is 1.87. The van der Waals surface area contributed by atoms with Gasteiger partial charge < -0.3 is 5.32 Å². The number of hydrogen-bond donors (Lipinski definition) is 1. The van der Waals surface area contributed by atoms with E-state index in [4.69, 9.17) is 11.6 Å². The lowest BCUT2D eigenvalue weighted by molar-refractivity contribution is 0.629. The summed E-state index contributed by atoms with van der Waals surface area (Å²) in [6, 6.07) is 4.57. The Hall–Kier alpha value is -1.07. The van der Waals surface area contributed by atoms with Crippen LogP contribution in [0, 0.1) is 5.82 Å². The van der Waals surface area contributed by atoms with Gasteiger partial charge in [-0.1, -0.05) is 18.5 Å². The SMILES string of the molecule is CCc1nn(C)c(CNc2ccc(Cl)cc2F)c1Br. The van der Waals surface area contributed by atoms with Crippen LogP contribution in [-0.4, -0.2) is 9.78 Å². The van der Waals surface area contributed by atoms with E-state index in [2.05, 4.69) is 26.3 Å². The van der Waals surface area contributed by atoms with Gasteiger partial charge in [0.15, 0.2) is 0 Å². The van der Waals surface area contributed by atoms with Crippen molar-refractivity contribution in [2.45, 2.75) is 19.9 Å². The molecule has 1 heterocycles. The number of rotatable bonds is 4. The molecule has 0 aliphatic rings. The van der Waals surface area contributed by atoms with Gasteiger partial charge in [-0.2, -0.15) is 5.10 Å². The second-order valence-corrected chi connectivity index (χ2v) is 5.39. The number of nitrogens with zero attached hydrogens (tertiary/aromatic N) is 2. The van der Waals surface area contributed by atoms with Crippen molar-refractivity contribution in [1.29, 1.82) is 0 Å². The summed E-state index contributed by atoms with van der Waals surface area (Å²) in [6.07, 6.45) is 0.851. The Labute approximate surface area is 124 Å². The predicted molar refractivity (Wildman–Crippen MR) is 79.0 cm³/mol. The number of anilines is 1. The lowest BCUT2D eigenvalue weighted by atomic mass is 10.2. The fourth-order valence-electron chi connectivity index (χ4n) is 1.82. The summed E-state index contributed by atoms with van der Waals surface area (Å²) in [5.74, 6) is -0.360. The molecule has 1 N–H and O–H groups in total. The molecular weight excluding hydrogens is 333 g/mol. The third-order valence-corrected chi connectivity index (χ3v) is 4.03. The second kappa shape index (κ2) is 5.92. The van der Waals surface area contributed by atoms with E-state index >= 15 is 0 Å². The second-order valence-electron chi connectivity index (χ2n) is 4.16. The first-order chi connectivity index (χ1) is 9.02. The number of benzene rings is 1. The van der Waals surface area contributed by atoms with Crippen LogP contribution < -0.4 is 5.32 Å². The minimum absolute atomic E-state index is 0.360. The Balaban J connectivity index is 2.16. The summed E-state index contributed by atoms with van der Waals surface area (Å²) in [4.78, 5) is 0. The number of aryl methyl sites for hydroxylation is 2. The minimum Gasteiger partial charge on any atom is -0.377 e. The molecule has 0 spiro atoms. The van der Waals surface area contributed by atoms with E-state index in [1.165, 1.54) is 6.07 Å². The van der Waals surface area contributed by atoms with Crippen LogP contribution in [0.5, 0.6) is 0 Å². The summed E-state index contributed by atoms with van der Waals surface area (Å²) >= 11 is 9.25. The monoisotopic (exact) mass is 345 g/mol. The van der Waals surface area contributed by atoms with Gasteiger partial charge in [0.2, 0.25) is 0 Å². The van der Waals surface area contributed by atoms with Crippen molar-refractivity contribution in [1.82, 2.24) is 9.78 Å². The molecule has 2 rings (SSSR count). The van der Waals surface area contributed by atoms with Crippen molar-refractivity contribution < 1.29 is 4.39 Å². The fourth-order valence-corrected chi connectivity index (χ4v) is 2.74. The molecule has 0 bridgehead atoms. The Morgan fingerprint density at radius 1 is 1.47 bits per heavy atom. The van der Waals surface area contributed by atoms with E-state index in [0.717, 1.165) is 22.3 Å². The lowest BCUT2D eigenvalue weighted by Gasteiger charge is -2.08. The minimum atomic E-state index is -0.360. The Morgan fingerprint density at radius 3 is 2.79 bits per heavy atom. The zero-order valence-corrected chi connectivity index (χ0v) is 13.0. The molecular formula is C13H14BrClFN3. The third-order valence-electron chi connectivity index (χ3n) is 2.88. The van der Waals surface area contributed by atoms with Gasteiger partial charge in [-0.3, -0.25) is 4.68 Å². The normalized spacial score (nSPS) is 10.8. The van der Waals surface area contributed by atoms with Crippen LogP contribution in [0.4, 0.5) is 10.1 Å². The highest BCUT2D eigenvalue weighted by atomic mass is 79.9. The summed E-state index contributed by atoms with van der Waals surface area (Å²) in [6.45, 7) is 2.53. The van der Waals surface area contributed by atoms with E-state index in [-0.39, 0.29) is 5.82 Å². The Kier molecular flexibility index (Phi) is 4.47. The summed E-state index contributed by atoms with van der Waals surface area (Å²) in [5, 5.41) is 7.83. The third kappa shape index (κ3) is 3.09. The van der Waals surface area contributed by atoms with Gasteiger partial charge in [-0.25, -0.2) is 4.39 Å². The molecule has 0 aliphatic heterocycles. The lowest BCUT2D eigenvalue weighted by Crippen LogP contribution is -2.07. The van der Waals surface area contributed by atoms with Crippen LogP contribution >= 0.6 is 27.5 Å². The van der Waals surface area contributed by atoms with Gasteiger partial charge in [0.1, 0.15) is 5.82 Å². The van der Waals surface area contributed by atoms with Crippen molar-refractivity contribution in [3.63, 3.8) is 0 Å². The molecule has 1 aromatic carbocycles. The molecule has 0 saturated heterocycles. The number of nitrogens with one attached hydrogen (secondary N) is 1. The van der Waals surface area contributed by atoms with Gasteiger partial charge in [0.05, 0.1) is 28.1 Å². The van der Waals surface area contributed by atoms with Crippen molar-refractivity contribution in [3.8, 4) is 0 Å². The van der Waals surface area contributed by atoms with Gasteiger partial charge in [-0.15, -0.1) is 0 Å². The van der Waals surface area contributed by atoms with Crippen molar-refractivity contribution in [2.24, 2.45) is 7.05 Å². The molecule has 0 fully saturated rings. The number of halogens is 3. The maximum Gasteiger partial charge on any atom is 0.147 e. The molecule has 0 unspecified atom stereocenters. The first-order valence-corrected chi connectivity index (χ1v) is 7.09. The van der Waals surface area contributed by atoms with E-state index < -0.39 is 0 Å². The van der Waals surface area contributed by atoms with Gasteiger partial charge in [-0.05, 0) is 40.5 Å². The molecule has 2 aromatic rings. The van der Waals surface area contributed by atoms with Gasteiger partial charge in [0.25, 0.3) is 0 Å². The van der Waals surface area contributed by atoms with Crippen LogP contribution in [0.2, 0.25) is 5.02 Å². The zero-order chi connectivity index (χ0) is 14.0. The molecule has 102 valence electrons. The van der Waals surface area contributed by atoms with Gasteiger partial charge in [0, 0.05) is 12.1 Å². The average molecular weight is 347 g/mol. The first kappa shape index (κ1) is 14.3. The van der Waals surface area contributed by atoms with Crippen LogP contribution in [0.1, 0.15) is 18.3 Å². The molecule has 19 heavy (non-hydrogen) atoms. The molecule has 6 heteroatoms. The Bertz CT molecular complexity index is 598. The van der Waals surface area contributed by atoms with Crippen molar-refractivity contribution in [2.75, 3.05) is 5.32 Å². The van der Waals surface area contributed by atoms with Crippen LogP contribution in [0.15, 0.2) is 22.7 Å². The number of aromatic nitrogens is 2. The van der Waals surface area contributed by atoms with Crippen molar-refractivity contribution >= 4 is 33.2 Å². The summed E-state index contributed by atoms with van der Waals surface area (Å²) < 4.78 is 16.4. The van der Waals surface area contributed by atoms with Crippen LogP contribution in [0.25, 0.3) is 0 Å². The molecule has 0 saturated carbocycles. The smallest absolute Gasteiger partial charge is 0.147 e. The Morgan fingerprint density at radius 2 is 2.21 bits per heavy atom.